The molecule has 0 fully saturated rings. The van der Waals surface area contributed by atoms with Crippen molar-refractivity contribution in [1.82, 2.24) is 4.98 Å². The number of aliphatic hydroxyl groups excluding tert-OH is 2. The molecule has 0 saturated heterocycles. The number of alkyl halides is 2. The number of halogens is 2. The van der Waals surface area contributed by atoms with Gasteiger partial charge in [-0.3, -0.25) is 9.55 Å². The highest BCUT2D eigenvalue weighted by molar-refractivity contribution is 7.53. The minimum Gasteiger partial charge on any atom is -0.506 e. The Bertz CT molecular complexity index is 532. The summed E-state index contributed by atoms with van der Waals surface area (Å²) in [6, 6.07) is 0. The highest BCUT2D eigenvalue weighted by Crippen LogP contribution is 2.59. The van der Waals surface area contributed by atoms with Crippen LogP contribution >= 0.6 is 7.60 Å². The third-order valence-electron chi connectivity index (χ3n) is 2.54. The number of rotatable bonds is 4. The van der Waals surface area contributed by atoms with E-state index in [0.29, 0.717) is 0 Å². The Morgan fingerprint density at radius 3 is 2.42 bits per heavy atom. The van der Waals surface area contributed by atoms with Crippen molar-refractivity contribution in [3.63, 3.8) is 0 Å². The maximum absolute atomic E-state index is 13.4. The van der Waals surface area contributed by atoms with Crippen LogP contribution in [0.2, 0.25) is 0 Å². The predicted molar refractivity (Wildman–Crippen MR) is 58.5 cm³/mol. The molecule has 1 rings (SSSR count). The monoisotopic (exact) mass is 299 g/mol. The first kappa shape index (κ1) is 15.9. The molecule has 0 aromatic carbocycles. The molecule has 0 amide bonds. The van der Waals surface area contributed by atoms with Gasteiger partial charge in [0.05, 0.1) is 12.3 Å². The fourth-order valence-corrected chi connectivity index (χ4v) is 1.87. The topological polar surface area (TPSA) is 131 Å². The van der Waals surface area contributed by atoms with Crippen LogP contribution in [0.1, 0.15) is 22.9 Å². The first-order valence-corrected chi connectivity index (χ1v) is 6.55. The second kappa shape index (κ2) is 5.10. The van der Waals surface area contributed by atoms with Crippen LogP contribution in [0.3, 0.4) is 0 Å². The molecule has 0 aliphatic heterocycles. The number of pyridine rings is 1. The third kappa shape index (κ3) is 2.75. The summed E-state index contributed by atoms with van der Waals surface area (Å²) in [7, 11) is -5.92. The Labute approximate surface area is 106 Å². The zero-order valence-corrected chi connectivity index (χ0v) is 10.6. The van der Waals surface area contributed by atoms with Crippen molar-refractivity contribution in [2.45, 2.75) is 25.3 Å². The van der Waals surface area contributed by atoms with Crippen LogP contribution in [-0.4, -0.2) is 35.8 Å². The van der Waals surface area contributed by atoms with Gasteiger partial charge in [-0.1, -0.05) is 0 Å². The second-order valence-electron chi connectivity index (χ2n) is 3.82. The van der Waals surface area contributed by atoms with Crippen LogP contribution < -0.4 is 0 Å². The number of hydrogen-bond donors (Lipinski definition) is 5. The van der Waals surface area contributed by atoms with E-state index in [4.69, 9.17) is 14.9 Å². The van der Waals surface area contributed by atoms with Crippen molar-refractivity contribution >= 4 is 7.60 Å². The van der Waals surface area contributed by atoms with E-state index >= 15 is 0 Å². The van der Waals surface area contributed by atoms with Crippen LogP contribution in [0.5, 0.6) is 5.75 Å². The zero-order valence-electron chi connectivity index (χ0n) is 9.66. The largest absolute Gasteiger partial charge is 0.506 e. The van der Waals surface area contributed by atoms with Crippen molar-refractivity contribution in [3.05, 3.63) is 23.0 Å². The fraction of sp³-hybridized carbons (Fsp3) is 0.444. The Hall–Kier alpha value is -1.12. The first-order chi connectivity index (χ1) is 8.54. The second-order valence-corrected chi connectivity index (χ2v) is 5.50. The van der Waals surface area contributed by atoms with Crippen molar-refractivity contribution in [3.8, 4) is 5.75 Å². The normalized spacial score (nSPS) is 14.5. The van der Waals surface area contributed by atoms with E-state index in [2.05, 4.69) is 4.98 Å². The first-order valence-electron chi connectivity index (χ1n) is 4.93. The number of aromatic hydroxyl groups is 1. The van der Waals surface area contributed by atoms with Crippen LogP contribution in [0.4, 0.5) is 8.78 Å². The summed E-state index contributed by atoms with van der Waals surface area (Å²) in [5.41, 5.74) is -5.97. The molecule has 1 aromatic rings. The molecule has 1 atom stereocenters. The summed E-state index contributed by atoms with van der Waals surface area (Å²) in [6.07, 6.45) is -2.19. The highest BCUT2D eigenvalue weighted by atomic mass is 31.2. The van der Waals surface area contributed by atoms with E-state index < -0.39 is 42.8 Å². The smallest absolute Gasteiger partial charge is 0.397 e. The van der Waals surface area contributed by atoms with Gasteiger partial charge in [0.1, 0.15) is 5.75 Å². The summed E-state index contributed by atoms with van der Waals surface area (Å²) in [6.45, 7) is 0.421. The van der Waals surface area contributed by atoms with Gasteiger partial charge in [0, 0.05) is 17.3 Å². The fourth-order valence-electron chi connectivity index (χ4n) is 1.41. The molecule has 19 heavy (non-hydrogen) atoms. The summed E-state index contributed by atoms with van der Waals surface area (Å²) >= 11 is 0. The molecule has 1 aromatic heterocycles. The number of aryl methyl sites for hydroxylation is 1. The van der Waals surface area contributed by atoms with Gasteiger partial charge in [-0.25, -0.2) is 0 Å². The Morgan fingerprint density at radius 2 is 2.00 bits per heavy atom. The molecule has 0 radical (unpaired) electrons. The lowest BCUT2D eigenvalue weighted by atomic mass is 10.0. The minimum absolute atomic E-state index is 0.0134. The van der Waals surface area contributed by atoms with E-state index in [-0.39, 0.29) is 5.69 Å². The maximum Gasteiger partial charge on any atom is 0.397 e. The molecule has 7 nitrogen and oxygen atoms in total. The number of aliphatic hydroxyl groups is 2. The molecule has 0 aliphatic carbocycles. The summed E-state index contributed by atoms with van der Waals surface area (Å²) in [4.78, 5) is 20.5. The molecule has 1 unspecified atom stereocenters. The molecular weight excluding hydrogens is 287 g/mol. The number of hydrogen-bond acceptors (Lipinski definition) is 5. The van der Waals surface area contributed by atoms with Gasteiger partial charge in [0.15, 0.2) is 6.10 Å². The molecule has 10 heteroatoms. The van der Waals surface area contributed by atoms with Crippen molar-refractivity contribution < 1.29 is 38.5 Å². The maximum atomic E-state index is 13.4. The van der Waals surface area contributed by atoms with E-state index in [1.165, 1.54) is 6.92 Å². The van der Waals surface area contributed by atoms with Crippen LogP contribution in [-0.2, 0) is 11.2 Å². The molecule has 108 valence electrons. The summed E-state index contributed by atoms with van der Waals surface area (Å²) in [5.74, 6) is -0.624. The molecule has 0 saturated carbocycles. The predicted octanol–water partition coefficient (Wildman–Crippen LogP) is 0.392. The lowest BCUT2D eigenvalue weighted by Crippen LogP contribution is -2.27. The number of aromatic nitrogens is 1. The molecule has 0 spiro atoms. The minimum atomic E-state index is -5.92. The zero-order chi connectivity index (χ0) is 15.0. The highest BCUT2D eigenvalue weighted by Gasteiger charge is 2.56. The van der Waals surface area contributed by atoms with Crippen LogP contribution in [0.15, 0.2) is 6.20 Å². The number of nitrogens with zero attached hydrogens (tertiary/aromatic N) is 1. The Morgan fingerprint density at radius 1 is 1.47 bits per heavy atom. The average Bonchev–Trinajstić information content (AvgIpc) is 2.30. The Kier molecular flexibility index (Phi) is 4.28. The molecule has 1 heterocycles. The van der Waals surface area contributed by atoms with Gasteiger partial charge in [-0.15, -0.1) is 0 Å². The molecule has 0 bridgehead atoms. The standard InChI is InChI=1S/C9H12F2NO6P/c1-4-7(14)6(3-13)5(2-12-4)8(15)9(10,11)19(16,17)18/h2,8,13-15H,3H2,1H3,(H2,16,17,18). The van der Waals surface area contributed by atoms with Gasteiger partial charge in [-0.2, -0.15) is 8.78 Å². The van der Waals surface area contributed by atoms with E-state index in [0.717, 1.165) is 6.20 Å². The molecular formula is C9H12F2NO6P. The molecule has 5 N–H and O–H groups in total. The quantitative estimate of drug-likeness (QED) is 0.508. The third-order valence-corrected chi connectivity index (χ3v) is 3.57. The van der Waals surface area contributed by atoms with Crippen molar-refractivity contribution in [2.75, 3.05) is 0 Å². The molecule has 0 aliphatic rings. The van der Waals surface area contributed by atoms with Crippen LogP contribution in [0, 0.1) is 6.92 Å². The van der Waals surface area contributed by atoms with Gasteiger partial charge in [-0.05, 0) is 6.92 Å². The van der Waals surface area contributed by atoms with Crippen molar-refractivity contribution in [2.24, 2.45) is 0 Å². The average molecular weight is 299 g/mol. The van der Waals surface area contributed by atoms with E-state index in [1.807, 2.05) is 0 Å². The lowest BCUT2D eigenvalue weighted by Gasteiger charge is -2.25. The van der Waals surface area contributed by atoms with Gasteiger partial charge in [0.2, 0.25) is 0 Å². The SMILES string of the molecule is Cc1ncc(C(O)C(F)(F)P(=O)(O)O)c(CO)c1O. The summed E-state index contributed by atoms with van der Waals surface area (Å²) in [5, 5.41) is 27.9. The van der Waals surface area contributed by atoms with E-state index in [1.54, 1.807) is 0 Å². The van der Waals surface area contributed by atoms with Crippen molar-refractivity contribution in [1.29, 1.82) is 0 Å². The Balaban J connectivity index is 3.40. The lowest BCUT2D eigenvalue weighted by molar-refractivity contribution is -0.0616. The summed E-state index contributed by atoms with van der Waals surface area (Å²) < 4.78 is 37.4. The van der Waals surface area contributed by atoms with Gasteiger partial charge < -0.3 is 25.1 Å². The van der Waals surface area contributed by atoms with Crippen LogP contribution in [0.25, 0.3) is 0 Å². The van der Waals surface area contributed by atoms with E-state index in [9.17, 15) is 23.6 Å². The van der Waals surface area contributed by atoms with Gasteiger partial charge >= 0.3 is 13.3 Å². The van der Waals surface area contributed by atoms with Gasteiger partial charge in [0.25, 0.3) is 0 Å².